The fraction of sp³-hybridized carbons (Fsp3) is 0.214. The van der Waals surface area contributed by atoms with E-state index in [1.54, 1.807) is 24.1 Å². The Bertz CT molecular complexity index is 1160. The van der Waals surface area contributed by atoms with E-state index < -0.39 is 11.8 Å². The SMILES string of the molecule is C=C(CC(=O)Oc1ccc(F)cc1)c1cc(C(C)C)ccc1N(C)C(=O)c1ccc(C)cc1. The summed E-state index contributed by atoms with van der Waals surface area (Å²) in [6.07, 6.45) is -0.0709. The van der Waals surface area contributed by atoms with Crippen molar-refractivity contribution in [3.63, 3.8) is 0 Å². The molecule has 4 nitrogen and oxygen atoms in total. The van der Waals surface area contributed by atoms with Gasteiger partial charge in [0, 0.05) is 18.2 Å². The minimum absolute atomic E-state index is 0.0709. The third-order valence-corrected chi connectivity index (χ3v) is 5.44. The van der Waals surface area contributed by atoms with Crippen LogP contribution in [-0.4, -0.2) is 18.9 Å². The van der Waals surface area contributed by atoms with Crippen LogP contribution in [0.3, 0.4) is 0 Å². The molecule has 0 aliphatic rings. The molecule has 0 saturated heterocycles. The number of anilines is 1. The molecule has 0 radical (unpaired) electrons. The Labute approximate surface area is 194 Å². The van der Waals surface area contributed by atoms with Gasteiger partial charge in [0.1, 0.15) is 11.6 Å². The van der Waals surface area contributed by atoms with Crippen LogP contribution in [-0.2, 0) is 4.79 Å². The highest BCUT2D eigenvalue weighted by Crippen LogP contribution is 2.32. The smallest absolute Gasteiger partial charge is 0.315 e. The van der Waals surface area contributed by atoms with E-state index in [0.29, 0.717) is 22.4 Å². The van der Waals surface area contributed by atoms with Gasteiger partial charge in [-0.3, -0.25) is 9.59 Å². The fourth-order valence-electron chi connectivity index (χ4n) is 3.43. The molecule has 0 aliphatic heterocycles. The second-order valence-corrected chi connectivity index (χ2v) is 8.37. The molecule has 3 aromatic rings. The van der Waals surface area contributed by atoms with Crippen LogP contribution in [0.5, 0.6) is 5.75 Å². The summed E-state index contributed by atoms with van der Waals surface area (Å²) in [5.74, 6) is -0.558. The van der Waals surface area contributed by atoms with Gasteiger partial charge in [0.2, 0.25) is 0 Å². The number of rotatable bonds is 7. The molecule has 0 N–H and O–H groups in total. The average molecular weight is 446 g/mol. The molecule has 5 heteroatoms. The monoisotopic (exact) mass is 445 g/mol. The maximum absolute atomic E-state index is 13.1. The highest BCUT2D eigenvalue weighted by atomic mass is 19.1. The number of ether oxygens (including phenoxy) is 1. The predicted octanol–water partition coefficient (Wildman–Crippen LogP) is 6.54. The molecule has 170 valence electrons. The molecular weight excluding hydrogens is 417 g/mol. The molecule has 3 rings (SSSR count). The Kier molecular flexibility index (Phi) is 7.44. The van der Waals surface area contributed by atoms with E-state index in [-0.39, 0.29) is 24.0 Å². The van der Waals surface area contributed by atoms with E-state index in [1.807, 2.05) is 37.3 Å². The second kappa shape index (κ2) is 10.3. The van der Waals surface area contributed by atoms with Crippen molar-refractivity contribution < 1.29 is 18.7 Å². The lowest BCUT2D eigenvalue weighted by Crippen LogP contribution is -2.27. The lowest BCUT2D eigenvalue weighted by molar-refractivity contribution is -0.133. The first-order valence-corrected chi connectivity index (χ1v) is 10.8. The first-order valence-electron chi connectivity index (χ1n) is 10.8. The first-order chi connectivity index (χ1) is 15.7. The van der Waals surface area contributed by atoms with Gasteiger partial charge in [0.25, 0.3) is 5.91 Å². The predicted molar refractivity (Wildman–Crippen MR) is 130 cm³/mol. The third kappa shape index (κ3) is 5.95. The maximum Gasteiger partial charge on any atom is 0.315 e. The second-order valence-electron chi connectivity index (χ2n) is 8.37. The minimum Gasteiger partial charge on any atom is -0.426 e. The van der Waals surface area contributed by atoms with Crippen molar-refractivity contribution in [2.45, 2.75) is 33.1 Å². The lowest BCUT2D eigenvalue weighted by Gasteiger charge is -2.23. The summed E-state index contributed by atoms with van der Waals surface area (Å²) < 4.78 is 18.4. The number of aryl methyl sites for hydroxylation is 1. The number of amides is 1. The van der Waals surface area contributed by atoms with Gasteiger partial charge < -0.3 is 9.64 Å². The van der Waals surface area contributed by atoms with Crippen molar-refractivity contribution >= 4 is 23.1 Å². The highest BCUT2D eigenvalue weighted by molar-refractivity contribution is 6.07. The fourth-order valence-corrected chi connectivity index (χ4v) is 3.43. The molecule has 0 spiro atoms. The van der Waals surface area contributed by atoms with Crippen LogP contribution >= 0.6 is 0 Å². The Morgan fingerprint density at radius 1 is 1.00 bits per heavy atom. The number of esters is 1. The molecular formula is C28H28FNO3. The van der Waals surface area contributed by atoms with Crippen molar-refractivity contribution in [2.75, 3.05) is 11.9 Å². The van der Waals surface area contributed by atoms with Crippen LogP contribution in [0.25, 0.3) is 5.57 Å². The molecule has 0 aliphatic carbocycles. The Balaban J connectivity index is 1.87. The molecule has 0 unspecified atom stereocenters. The topological polar surface area (TPSA) is 46.6 Å². The molecule has 0 bridgehead atoms. The average Bonchev–Trinajstić information content (AvgIpc) is 2.79. The van der Waals surface area contributed by atoms with Gasteiger partial charge in [-0.25, -0.2) is 4.39 Å². The van der Waals surface area contributed by atoms with Gasteiger partial charge in [-0.2, -0.15) is 0 Å². The summed E-state index contributed by atoms with van der Waals surface area (Å²) in [7, 11) is 1.71. The number of benzene rings is 3. The Morgan fingerprint density at radius 2 is 1.64 bits per heavy atom. The van der Waals surface area contributed by atoms with Gasteiger partial charge in [-0.05, 0) is 72.5 Å². The molecule has 0 fully saturated rings. The number of carbonyl (C=O) groups excluding carboxylic acids is 2. The number of nitrogens with zero attached hydrogens (tertiary/aromatic N) is 1. The number of hydrogen-bond donors (Lipinski definition) is 0. The van der Waals surface area contributed by atoms with E-state index in [4.69, 9.17) is 4.74 Å². The number of carbonyl (C=O) groups is 2. The van der Waals surface area contributed by atoms with Crippen LogP contribution in [0.4, 0.5) is 10.1 Å². The molecule has 1 amide bonds. The van der Waals surface area contributed by atoms with Crippen molar-refractivity contribution in [3.05, 3.63) is 101 Å². The van der Waals surface area contributed by atoms with Crippen molar-refractivity contribution in [1.29, 1.82) is 0 Å². The van der Waals surface area contributed by atoms with E-state index >= 15 is 0 Å². The summed E-state index contributed by atoms with van der Waals surface area (Å²) in [5, 5.41) is 0. The standard InChI is InChI=1S/C28H28FNO3/c1-18(2)22-10-15-26(30(5)28(32)21-8-6-19(3)7-9-21)25(17-22)20(4)16-27(31)33-24-13-11-23(29)12-14-24/h6-15,17-18H,4,16H2,1-3,5H3. The zero-order chi connectivity index (χ0) is 24.1. The summed E-state index contributed by atoms with van der Waals surface area (Å²) >= 11 is 0. The quantitative estimate of drug-likeness (QED) is 0.306. The molecule has 0 atom stereocenters. The van der Waals surface area contributed by atoms with Gasteiger partial charge >= 0.3 is 5.97 Å². The van der Waals surface area contributed by atoms with Crippen LogP contribution < -0.4 is 9.64 Å². The molecule has 33 heavy (non-hydrogen) atoms. The molecule has 0 heterocycles. The molecule has 3 aromatic carbocycles. The lowest BCUT2D eigenvalue weighted by atomic mass is 9.94. The van der Waals surface area contributed by atoms with Gasteiger partial charge in [-0.1, -0.05) is 44.2 Å². The van der Waals surface area contributed by atoms with Crippen LogP contribution in [0.15, 0.2) is 73.3 Å². The molecule has 0 aromatic heterocycles. The first kappa shape index (κ1) is 23.9. The van der Waals surface area contributed by atoms with Gasteiger partial charge in [-0.15, -0.1) is 0 Å². The van der Waals surface area contributed by atoms with E-state index in [0.717, 1.165) is 11.1 Å². The largest absolute Gasteiger partial charge is 0.426 e. The van der Waals surface area contributed by atoms with E-state index in [1.165, 1.54) is 24.3 Å². The van der Waals surface area contributed by atoms with Crippen LogP contribution in [0.1, 0.15) is 53.2 Å². The normalized spacial score (nSPS) is 10.7. The number of halogens is 1. The Morgan fingerprint density at radius 3 is 2.24 bits per heavy atom. The molecule has 0 saturated carbocycles. The number of hydrogen-bond acceptors (Lipinski definition) is 3. The summed E-state index contributed by atoms with van der Waals surface area (Å²) in [6.45, 7) is 10.2. The summed E-state index contributed by atoms with van der Waals surface area (Å²) in [4.78, 5) is 27.2. The van der Waals surface area contributed by atoms with Crippen molar-refractivity contribution in [2.24, 2.45) is 0 Å². The van der Waals surface area contributed by atoms with E-state index in [2.05, 4.69) is 20.4 Å². The summed E-state index contributed by atoms with van der Waals surface area (Å²) in [6, 6.07) is 18.5. The minimum atomic E-state index is -0.514. The maximum atomic E-state index is 13.1. The van der Waals surface area contributed by atoms with Crippen molar-refractivity contribution in [3.8, 4) is 5.75 Å². The van der Waals surface area contributed by atoms with Crippen LogP contribution in [0.2, 0.25) is 0 Å². The summed E-state index contributed by atoms with van der Waals surface area (Å²) in [5.41, 5.74) is 4.61. The zero-order valence-corrected chi connectivity index (χ0v) is 19.4. The van der Waals surface area contributed by atoms with Gasteiger partial charge in [0.05, 0.1) is 12.1 Å². The van der Waals surface area contributed by atoms with Crippen LogP contribution in [0, 0.1) is 12.7 Å². The van der Waals surface area contributed by atoms with Crippen molar-refractivity contribution in [1.82, 2.24) is 0 Å². The Hall–Kier alpha value is -3.73. The van der Waals surface area contributed by atoms with E-state index in [9.17, 15) is 14.0 Å². The zero-order valence-electron chi connectivity index (χ0n) is 19.4. The highest BCUT2D eigenvalue weighted by Gasteiger charge is 2.20. The van der Waals surface area contributed by atoms with Gasteiger partial charge in [0.15, 0.2) is 0 Å². The third-order valence-electron chi connectivity index (χ3n) is 5.44.